The van der Waals surface area contributed by atoms with E-state index >= 15 is 0 Å². The number of carboxylic acids is 1. The van der Waals surface area contributed by atoms with Crippen LogP contribution in [0.15, 0.2) is 10.6 Å². The normalized spacial score (nSPS) is 11.9. The molecule has 0 saturated heterocycles. The van der Waals surface area contributed by atoms with Crippen molar-refractivity contribution in [2.45, 2.75) is 39.7 Å². The summed E-state index contributed by atoms with van der Waals surface area (Å²) in [5, 5.41) is 17.7. The van der Waals surface area contributed by atoms with Gasteiger partial charge in [-0.05, 0) is 25.7 Å². The molecule has 0 aliphatic heterocycles. The van der Waals surface area contributed by atoms with Crippen LogP contribution >= 0.6 is 0 Å². The summed E-state index contributed by atoms with van der Waals surface area (Å²) >= 11 is 0. The molecule has 0 aromatic carbocycles. The fourth-order valence-corrected chi connectivity index (χ4v) is 1.68. The average Bonchev–Trinajstić information content (AvgIpc) is 2.80. The number of nitrogens with one attached hydrogen (secondary N) is 2. The van der Waals surface area contributed by atoms with Crippen LogP contribution < -0.4 is 10.6 Å². The zero-order valence-corrected chi connectivity index (χ0v) is 11.8. The van der Waals surface area contributed by atoms with Crippen molar-refractivity contribution in [2.24, 2.45) is 5.92 Å². The maximum Gasteiger partial charge on any atom is 0.315 e. The minimum absolute atomic E-state index is 0.165. The van der Waals surface area contributed by atoms with Crippen LogP contribution in [0, 0.1) is 12.8 Å². The standard InChI is InChI=1S/C13H21N3O4/c1-9(3-4-12(17)18)5-6-14-13(19)15-8-11-7-10(2)16-20-11/h7,9H,3-6,8H2,1-2H3,(H,17,18)(H2,14,15,19). The maximum atomic E-state index is 11.5. The third kappa shape index (κ3) is 6.77. The second-order valence-corrected chi connectivity index (χ2v) is 4.87. The second kappa shape index (κ2) is 8.19. The van der Waals surface area contributed by atoms with Crippen LogP contribution in [-0.2, 0) is 11.3 Å². The fraction of sp³-hybridized carbons (Fsp3) is 0.615. The lowest BCUT2D eigenvalue weighted by Crippen LogP contribution is -2.35. The molecule has 2 amide bonds. The zero-order valence-electron chi connectivity index (χ0n) is 11.8. The third-order valence-corrected chi connectivity index (χ3v) is 2.87. The molecule has 1 aromatic rings. The lowest BCUT2D eigenvalue weighted by molar-refractivity contribution is -0.137. The number of carboxylic acid groups (broad SMARTS) is 1. The third-order valence-electron chi connectivity index (χ3n) is 2.87. The van der Waals surface area contributed by atoms with Crippen molar-refractivity contribution in [3.05, 3.63) is 17.5 Å². The van der Waals surface area contributed by atoms with E-state index in [1.165, 1.54) is 0 Å². The molecule has 20 heavy (non-hydrogen) atoms. The molecular weight excluding hydrogens is 262 g/mol. The number of nitrogens with zero attached hydrogens (tertiary/aromatic N) is 1. The molecule has 0 spiro atoms. The molecule has 0 radical (unpaired) electrons. The summed E-state index contributed by atoms with van der Waals surface area (Å²) < 4.78 is 4.96. The van der Waals surface area contributed by atoms with Gasteiger partial charge in [-0.3, -0.25) is 4.79 Å². The highest BCUT2D eigenvalue weighted by atomic mass is 16.5. The number of aliphatic carboxylic acids is 1. The summed E-state index contributed by atoms with van der Waals surface area (Å²) in [6.45, 7) is 4.59. The van der Waals surface area contributed by atoms with E-state index in [2.05, 4.69) is 15.8 Å². The highest BCUT2D eigenvalue weighted by Gasteiger charge is 2.07. The van der Waals surface area contributed by atoms with Crippen LogP contribution in [0.4, 0.5) is 4.79 Å². The minimum Gasteiger partial charge on any atom is -0.481 e. The predicted octanol–water partition coefficient (Wildman–Crippen LogP) is 1.67. The van der Waals surface area contributed by atoms with Crippen molar-refractivity contribution in [3.63, 3.8) is 0 Å². The molecule has 1 atom stereocenters. The Labute approximate surface area is 117 Å². The highest BCUT2D eigenvalue weighted by Crippen LogP contribution is 2.09. The van der Waals surface area contributed by atoms with Gasteiger partial charge in [0.1, 0.15) is 0 Å². The Balaban J connectivity index is 2.09. The van der Waals surface area contributed by atoms with E-state index < -0.39 is 5.97 Å². The molecule has 0 saturated carbocycles. The highest BCUT2D eigenvalue weighted by molar-refractivity contribution is 5.73. The number of hydrogen-bond donors (Lipinski definition) is 3. The molecule has 1 rings (SSSR count). The maximum absolute atomic E-state index is 11.5. The van der Waals surface area contributed by atoms with Crippen LogP contribution in [0.2, 0.25) is 0 Å². The van der Waals surface area contributed by atoms with Crippen LogP contribution in [-0.4, -0.2) is 28.8 Å². The summed E-state index contributed by atoms with van der Waals surface area (Å²) in [6.07, 6.45) is 1.54. The number of carbonyl (C=O) groups is 2. The van der Waals surface area contributed by atoms with Crippen molar-refractivity contribution < 1.29 is 19.2 Å². The first-order valence-corrected chi connectivity index (χ1v) is 6.63. The number of hydrogen-bond acceptors (Lipinski definition) is 4. The van der Waals surface area contributed by atoms with Gasteiger partial charge in [-0.15, -0.1) is 0 Å². The van der Waals surface area contributed by atoms with Gasteiger partial charge >= 0.3 is 12.0 Å². The van der Waals surface area contributed by atoms with Crippen LogP contribution in [0.25, 0.3) is 0 Å². The molecule has 1 aromatic heterocycles. The molecule has 0 aliphatic carbocycles. The van der Waals surface area contributed by atoms with Crippen LogP contribution in [0.5, 0.6) is 0 Å². The summed E-state index contributed by atoms with van der Waals surface area (Å²) in [5.74, 6) is 0.0840. The summed E-state index contributed by atoms with van der Waals surface area (Å²) in [6, 6.07) is 1.48. The second-order valence-electron chi connectivity index (χ2n) is 4.87. The zero-order chi connectivity index (χ0) is 15.0. The monoisotopic (exact) mass is 283 g/mol. The fourth-order valence-electron chi connectivity index (χ4n) is 1.68. The van der Waals surface area contributed by atoms with Crippen molar-refractivity contribution >= 4 is 12.0 Å². The molecular formula is C13H21N3O4. The number of urea groups is 1. The Morgan fingerprint density at radius 3 is 2.75 bits per heavy atom. The van der Waals surface area contributed by atoms with Gasteiger partial charge in [0.2, 0.25) is 0 Å². The van der Waals surface area contributed by atoms with E-state index in [0.29, 0.717) is 25.3 Å². The first-order valence-electron chi connectivity index (χ1n) is 6.63. The van der Waals surface area contributed by atoms with Gasteiger partial charge in [0.25, 0.3) is 0 Å². The van der Waals surface area contributed by atoms with E-state index in [9.17, 15) is 9.59 Å². The minimum atomic E-state index is -0.787. The Morgan fingerprint density at radius 1 is 1.40 bits per heavy atom. The summed E-state index contributed by atoms with van der Waals surface area (Å²) in [4.78, 5) is 21.9. The van der Waals surface area contributed by atoms with E-state index in [1.54, 1.807) is 6.07 Å². The van der Waals surface area contributed by atoms with E-state index in [1.807, 2.05) is 13.8 Å². The van der Waals surface area contributed by atoms with Gasteiger partial charge in [-0.2, -0.15) is 0 Å². The lowest BCUT2D eigenvalue weighted by atomic mass is 10.0. The number of aromatic nitrogens is 1. The molecule has 0 aliphatic rings. The number of amides is 2. The molecule has 1 heterocycles. The number of rotatable bonds is 8. The molecule has 0 fully saturated rings. The molecule has 7 heteroatoms. The topological polar surface area (TPSA) is 104 Å². The van der Waals surface area contributed by atoms with E-state index in [0.717, 1.165) is 12.1 Å². The van der Waals surface area contributed by atoms with Crippen molar-refractivity contribution in [1.82, 2.24) is 15.8 Å². The number of carbonyl (C=O) groups excluding carboxylic acids is 1. The van der Waals surface area contributed by atoms with E-state index in [4.69, 9.17) is 9.63 Å². The van der Waals surface area contributed by atoms with Gasteiger partial charge in [-0.1, -0.05) is 12.1 Å². The largest absolute Gasteiger partial charge is 0.481 e. The SMILES string of the molecule is Cc1cc(CNC(=O)NCCC(C)CCC(=O)O)on1. The Morgan fingerprint density at radius 2 is 2.15 bits per heavy atom. The van der Waals surface area contributed by atoms with Crippen LogP contribution in [0.3, 0.4) is 0 Å². The molecule has 7 nitrogen and oxygen atoms in total. The predicted molar refractivity (Wildman–Crippen MR) is 72.1 cm³/mol. The molecule has 3 N–H and O–H groups in total. The van der Waals surface area contributed by atoms with Gasteiger partial charge in [0, 0.05) is 19.0 Å². The van der Waals surface area contributed by atoms with Crippen LogP contribution in [0.1, 0.15) is 37.6 Å². The summed E-state index contributed by atoms with van der Waals surface area (Å²) in [5.41, 5.74) is 0.773. The molecule has 112 valence electrons. The van der Waals surface area contributed by atoms with Gasteiger partial charge in [0.05, 0.1) is 12.2 Å². The van der Waals surface area contributed by atoms with Crippen molar-refractivity contribution in [3.8, 4) is 0 Å². The Hall–Kier alpha value is -2.05. The van der Waals surface area contributed by atoms with Crippen molar-refractivity contribution in [1.29, 1.82) is 0 Å². The van der Waals surface area contributed by atoms with E-state index in [-0.39, 0.29) is 18.4 Å². The molecule has 0 bridgehead atoms. The van der Waals surface area contributed by atoms with Gasteiger partial charge in [0.15, 0.2) is 5.76 Å². The Bertz CT molecular complexity index is 445. The van der Waals surface area contributed by atoms with Gasteiger partial charge < -0.3 is 20.3 Å². The first-order chi connectivity index (χ1) is 9.47. The summed E-state index contributed by atoms with van der Waals surface area (Å²) in [7, 11) is 0. The average molecular weight is 283 g/mol. The number of aryl methyl sites for hydroxylation is 1. The molecule has 1 unspecified atom stereocenters. The van der Waals surface area contributed by atoms with Gasteiger partial charge in [-0.25, -0.2) is 4.79 Å². The van der Waals surface area contributed by atoms with Crippen molar-refractivity contribution in [2.75, 3.05) is 6.54 Å². The lowest BCUT2D eigenvalue weighted by Gasteiger charge is -2.11. The smallest absolute Gasteiger partial charge is 0.315 e. The Kier molecular flexibility index (Phi) is 6.55. The quantitative estimate of drug-likeness (QED) is 0.673. The first kappa shape index (κ1) is 16.0.